The van der Waals surface area contributed by atoms with Crippen LogP contribution in [0.3, 0.4) is 0 Å². The number of aliphatic hydroxyl groups is 2. The Morgan fingerprint density at radius 1 is 1.28 bits per heavy atom. The van der Waals surface area contributed by atoms with Crippen molar-refractivity contribution >= 4 is 0 Å². The fourth-order valence-electron chi connectivity index (χ4n) is 4.15. The van der Waals surface area contributed by atoms with Crippen molar-refractivity contribution in [3.8, 4) is 0 Å². The van der Waals surface area contributed by atoms with Gasteiger partial charge in [-0.3, -0.25) is 0 Å². The van der Waals surface area contributed by atoms with Crippen molar-refractivity contribution in [2.24, 2.45) is 11.8 Å². The van der Waals surface area contributed by atoms with Crippen LogP contribution in [0, 0.1) is 11.8 Å². The molecular weight excluding hydrogens is 318 g/mol. The van der Waals surface area contributed by atoms with Crippen molar-refractivity contribution in [2.75, 3.05) is 19.8 Å². The van der Waals surface area contributed by atoms with Gasteiger partial charge in [-0.2, -0.15) is 0 Å². The first-order valence-corrected chi connectivity index (χ1v) is 9.53. The smallest absolute Gasteiger partial charge is 0.131 e. The van der Waals surface area contributed by atoms with Crippen LogP contribution in [-0.4, -0.2) is 58.2 Å². The van der Waals surface area contributed by atoms with Gasteiger partial charge in [-0.1, -0.05) is 13.8 Å². The number of aliphatic hydroxyl groups excluding tert-OH is 2. The minimum atomic E-state index is -0.459. The van der Waals surface area contributed by atoms with Crippen LogP contribution in [0.1, 0.15) is 50.5 Å². The molecule has 0 aromatic carbocycles. The Bertz CT molecular complexity index is 548. The highest BCUT2D eigenvalue weighted by molar-refractivity contribution is 5.09. The van der Waals surface area contributed by atoms with E-state index in [-0.39, 0.29) is 24.5 Å². The highest BCUT2D eigenvalue weighted by atomic mass is 16.5. The fraction of sp³-hybridized carbons (Fsp3) is 0.789. The van der Waals surface area contributed by atoms with E-state index in [1.54, 1.807) is 0 Å². The summed E-state index contributed by atoms with van der Waals surface area (Å²) in [5.74, 6) is 1.22. The molecule has 1 saturated carbocycles. The molecule has 4 unspecified atom stereocenters. The summed E-state index contributed by atoms with van der Waals surface area (Å²) in [4.78, 5) is 9.03. The molecule has 1 saturated heterocycles. The Labute approximate surface area is 150 Å². The molecule has 1 aromatic heterocycles. The van der Waals surface area contributed by atoms with E-state index >= 15 is 0 Å². The van der Waals surface area contributed by atoms with Crippen molar-refractivity contribution in [2.45, 2.75) is 63.6 Å². The third kappa shape index (κ3) is 4.56. The van der Waals surface area contributed by atoms with Gasteiger partial charge < -0.3 is 20.3 Å². The van der Waals surface area contributed by atoms with E-state index in [1.165, 1.54) is 0 Å². The first-order chi connectivity index (χ1) is 12.1. The number of rotatable bonds is 6. The Balaban J connectivity index is 1.72. The normalized spacial score (nSPS) is 30.9. The van der Waals surface area contributed by atoms with E-state index in [1.807, 2.05) is 12.3 Å². The molecule has 3 N–H and O–H groups in total. The third-order valence-corrected chi connectivity index (χ3v) is 5.63. The average Bonchev–Trinajstić information content (AvgIpc) is 2.90. The lowest BCUT2D eigenvalue weighted by atomic mass is 9.88. The zero-order valence-corrected chi connectivity index (χ0v) is 15.3. The standard InChI is InChI=1S/C19H31N3O3/c1-12(2)19-20-6-3-14(22-19)9-15-16(11-23)18(24)10-17(15)21-13-4-7-25-8-5-13/h3,6,12-13,15-18,21,23-24H,4-5,7-11H2,1-2H3. The lowest BCUT2D eigenvalue weighted by molar-refractivity contribution is 0.0678. The van der Waals surface area contributed by atoms with Gasteiger partial charge in [-0.15, -0.1) is 0 Å². The van der Waals surface area contributed by atoms with Gasteiger partial charge in [0.15, 0.2) is 0 Å². The van der Waals surface area contributed by atoms with Gasteiger partial charge in [-0.25, -0.2) is 9.97 Å². The molecule has 1 aliphatic carbocycles. The van der Waals surface area contributed by atoms with Gasteiger partial charge in [-0.05, 0) is 37.7 Å². The van der Waals surface area contributed by atoms with Crippen LogP contribution in [0.2, 0.25) is 0 Å². The molecule has 0 spiro atoms. The predicted molar refractivity (Wildman–Crippen MR) is 95.3 cm³/mol. The van der Waals surface area contributed by atoms with Crippen LogP contribution in [0.25, 0.3) is 0 Å². The van der Waals surface area contributed by atoms with E-state index in [0.29, 0.717) is 18.4 Å². The second kappa shape index (κ2) is 8.54. The minimum Gasteiger partial charge on any atom is -0.396 e. The van der Waals surface area contributed by atoms with Gasteiger partial charge >= 0.3 is 0 Å². The van der Waals surface area contributed by atoms with Crippen molar-refractivity contribution in [3.05, 3.63) is 23.8 Å². The summed E-state index contributed by atoms with van der Waals surface area (Å²) in [6.45, 7) is 5.78. The highest BCUT2D eigenvalue weighted by Crippen LogP contribution is 2.35. The summed E-state index contributed by atoms with van der Waals surface area (Å²) in [5.41, 5.74) is 0.995. The van der Waals surface area contributed by atoms with Crippen molar-refractivity contribution in [1.29, 1.82) is 0 Å². The Morgan fingerprint density at radius 3 is 2.72 bits per heavy atom. The summed E-state index contributed by atoms with van der Waals surface area (Å²) >= 11 is 0. The van der Waals surface area contributed by atoms with Gasteiger partial charge in [0.2, 0.25) is 0 Å². The molecule has 1 aliphatic heterocycles. The first-order valence-electron chi connectivity index (χ1n) is 9.53. The molecule has 0 amide bonds. The maximum absolute atomic E-state index is 10.4. The Hall–Kier alpha value is -1.08. The lowest BCUT2D eigenvalue weighted by Crippen LogP contribution is -2.44. The molecule has 1 aromatic rings. The number of hydrogen-bond donors (Lipinski definition) is 3. The van der Waals surface area contributed by atoms with E-state index < -0.39 is 6.10 Å². The van der Waals surface area contributed by atoms with Crippen molar-refractivity contribution < 1.29 is 14.9 Å². The summed E-state index contributed by atoms with van der Waals surface area (Å²) in [7, 11) is 0. The van der Waals surface area contributed by atoms with Crippen molar-refractivity contribution in [3.63, 3.8) is 0 Å². The maximum Gasteiger partial charge on any atom is 0.131 e. The van der Waals surface area contributed by atoms with Crippen LogP contribution in [0.15, 0.2) is 12.3 Å². The molecule has 6 heteroatoms. The van der Waals surface area contributed by atoms with Crippen molar-refractivity contribution in [1.82, 2.24) is 15.3 Å². The summed E-state index contributed by atoms with van der Waals surface area (Å²) in [6, 6.07) is 2.59. The fourth-order valence-corrected chi connectivity index (χ4v) is 4.15. The third-order valence-electron chi connectivity index (χ3n) is 5.63. The molecule has 2 fully saturated rings. The quantitative estimate of drug-likeness (QED) is 0.717. The molecule has 0 radical (unpaired) electrons. The van der Waals surface area contributed by atoms with E-state index in [2.05, 4.69) is 29.1 Å². The number of ether oxygens (including phenoxy) is 1. The largest absolute Gasteiger partial charge is 0.396 e. The zero-order chi connectivity index (χ0) is 17.8. The van der Waals surface area contributed by atoms with Crippen LogP contribution in [0.4, 0.5) is 0 Å². The zero-order valence-electron chi connectivity index (χ0n) is 15.3. The van der Waals surface area contributed by atoms with Crippen LogP contribution < -0.4 is 5.32 Å². The average molecular weight is 349 g/mol. The van der Waals surface area contributed by atoms with Crippen LogP contribution >= 0.6 is 0 Å². The predicted octanol–water partition coefficient (Wildman–Crippen LogP) is 1.27. The van der Waals surface area contributed by atoms with Gasteiger partial charge in [0, 0.05) is 55.6 Å². The van der Waals surface area contributed by atoms with E-state index in [9.17, 15) is 10.2 Å². The maximum atomic E-state index is 10.4. The molecule has 4 atom stereocenters. The molecule has 6 nitrogen and oxygen atoms in total. The molecule has 2 heterocycles. The molecular formula is C19H31N3O3. The summed E-state index contributed by atoms with van der Waals surface area (Å²) in [5, 5.41) is 24.0. The number of hydrogen-bond acceptors (Lipinski definition) is 6. The first kappa shape index (κ1) is 18.7. The Kier molecular flexibility index (Phi) is 6.39. The number of nitrogens with one attached hydrogen (secondary N) is 1. The molecule has 25 heavy (non-hydrogen) atoms. The minimum absolute atomic E-state index is 0.0138. The topological polar surface area (TPSA) is 87.5 Å². The molecule has 140 valence electrons. The molecule has 0 bridgehead atoms. The Morgan fingerprint density at radius 2 is 2.04 bits per heavy atom. The lowest BCUT2D eigenvalue weighted by Gasteiger charge is -2.31. The van der Waals surface area contributed by atoms with E-state index in [0.717, 1.165) is 44.0 Å². The monoisotopic (exact) mass is 349 g/mol. The highest BCUT2D eigenvalue weighted by Gasteiger charge is 2.42. The van der Waals surface area contributed by atoms with Crippen LogP contribution in [0.5, 0.6) is 0 Å². The number of aromatic nitrogens is 2. The summed E-state index contributed by atoms with van der Waals surface area (Å²) in [6.07, 6.45) is 4.82. The van der Waals surface area contributed by atoms with Crippen LogP contribution in [-0.2, 0) is 11.2 Å². The second-order valence-electron chi connectivity index (χ2n) is 7.74. The SMILES string of the molecule is CC(C)c1nccc(CC2C(NC3CCOCC3)CC(O)C2CO)n1. The second-order valence-corrected chi connectivity index (χ2v) is 7.74. The molecule has 3 rings (SSSR count). The van der Waals surface area contributed by atoms with Gasteiger partial charge in [0.05, 0.1) is 6.10 Å². The number of nitrogens with zero attached hydrogens (tertiary/aromatic N) is 2. The van der Waals surface area contributed by atoms with E-state index in [4.69, 9.17) is 4.74 Å². The van der Waals surface area contributed by atoms with Gasteiger partial charge in [0.1, 0.15) is 5.82 Å². The molecule has 2 aliphatic rings. The van der Waals surface area contributed by atoms with Gasteiger partial charge in [0.25, 0.3) is 0 Å². The summed E-state index contributed by atoms with van der Waals surface area (Å²) < 4.78 is 5.44.